The van der Waals surface area contributed by atoms with Crippen LogP contribution in [0.4, 0.5) is 0 Å². The molecular weight excluding hydrogens is 675 g/mol. The van der Waals surface area contributed by atoms with Crippen LogP contribution in [0.5, 0.6) is 0 Å². The van der Waals surface area contributed by atoms with Crippen molar-refractivity contribution >= 4 is 44.3 Å². The van der Waals surface area contributed by atoms with Crippen molar-refractivity contribution in [3.05, 3.63) is 168 Å². The van der Waals surface area contributed by atoms with Crippen molar-refractivity contribution in [1.82, 2.24) is 15.0 Å². The molecule has 4 heterocycles. The van der Waals surface area contributed by atoms with E-state index in [4.69, 9.17) is 4.98 Å². The van der Waals surface area contributed by atoms with E-state index in [-0.39, 0.29) is 4.90 Å². The molecule has 0 saturated carbocycles. The first-order valence-electron chi connectivity index (χ1n) is 17.6. The predicted molar refractivity (Wildman–Crippen MR) is 216 cm³/mol. The van der Waals surface area contributed by atoms with Gasteiger partial charge >= 0.3 is 0 Å². The zero-order valence-electron chi connectivity index (χ0n) is 29.0. The highest BCUT2D eigenvalue weighted by atomic mass is 32.2. The van der Waals surface area contributed by atoms with Gasteiger partial charge in [-0.1, -0.05) is 109 Å². The third-order valence-electron chi connectivity index (χ3n) is 10.2. The van der Waals surface area contributed by atoms with Crippen LogP contribution in [0.15, 0.2) is 144 Å². The maximum atomic E-state index is 12.0. The average molecular weight is 710 g/mol. The second-order valence-electron chi connectivity index (χ2n) is 13.6. The molecular formula is C46H35N3O3S. The molecule has 3 N–H and O–H groups in total. The minimum atomic E-state index is -4.35. The van der Waals surface area contributed by atoms with Crippen LogP contribution in [0.1, 0.15) is 28.1 Å². The summed E-state index contributed by atoms with van der Waals surface area (Å²) in [6.45, 7) is 2.10. The van der Waals surface area contributed by atoms with Crippen LogP contribution in [0.2, 0.25) is 0 Å². The Morgan fingerprint density at radius 1 is 0.509 bits per heavy atom. The van der Waals surface area contributed by atoms with Crippen molar-refractivity contribution in [2.75, 3.05) is 0 Å². The standard InChI is InChI=1S/C46H35N3O3S/c1-29-12-14-32(15-13-29)43-34-16-17-35(28-34)44(33-18-20-36(21-19-33)53(50,51)52)38-23-25-40(48-38)46(31-10-6-3-7-11-31)42-27-26-41(49-42)45(30-8-4-2-5-9-30)39-24-22-37(43)47-39/h2-15,18-28,47-48H,16-17H2,1H3,(H,50,51,52). The molecule has 0 saturated heterocycles. The SMILES string of the molecule is Cc1ccc(-c2c3cc(c(-c4ccc(S(=O)(=O)O)cc4)c4ccc([nH]4)c(-c4ccccc4)c4nc(c(-c5ccccc5)c5ccc2[nH]5)C=C4)CC3)cc1. The Morgan fingerprint density at radius 3 is 1.34 bits per heavy atom. The highest BCUT2D eigenvalue weighted by Crippen LogP contribution is 2.39. The Bertz CT molecular complexity index is 2840. The van der Waals surface area contributed by atoms with Gasteiger partial charge in [0.15, 0.2) is 0 Å². The Labute approximate surface area is 307 Å². The number of aromatic nitrogens is 3. The first-order chi connectivity index (χ1) is 25.8. The number of hydrogen-bond acceptors (Lipinski definition) is 3. The molecule has 3 aromatic heterocycles. The van der Waals surface area contributed by atoms with E-state index in [1.54, 1.807) is 12.1 Å². The second kappa shape index (κ2) is 13.0. The van der Waals surface area contributed by atoms with E-state index in [1.165, 1.54) is 23.3 Å². The maximum absolute atomic E-state index is 12.0. The van der Waals surface area contributed by atoms with Crippen molar-refractivity contribution in [2.45, 2.75) is 24.7 Å². The zero-order chi connectivity index (χ0) is 36.1. The minimum absolute atomic E-state index is 0.142. The summed E-state index contributed by atoms with van der Waals surface area (Å²) < 4.78 is 33.7. The summed E-state index contributed by atoms with van der Waals surface area (Å²) >= 11 is 0. The van der Waals surface area contributed by atoms with Crippen molar-refractivity contribution in [2.24, 2.45) is 0 Å². The number of nitrogens with zero attached hydrogens (tertiary/aromatic N) is 1. The quantitative estimate of drug-likeness (QED) is 0.155. The van der Waals surface area contributed by atoms with Gasteiger partial charge in [-0.05, 0) is 102 Å². The van der Waals surface area contributed by atoms with Crippen LogP contribution in [0, 0.1) is 6.92 Å². The molecule has 0 radical (unpaired) electrons. The summed E-state index contributed by atoms with van der Waals surface area (Å²) in [4.78, 5) is 12.8. The summed E-state index contributed by atoms with van der Waals surface area (Å²) in [5.74, 6) is 0. The molecule has 0 unspecified atom stereocenters. The fourth-order valence-corrected chi connectivity index (χ4v) is 8.15. The summed E-state index contributed by atoms with van der Waals surface area (Å²) in [5, 5.41) is 0. The van der Waals surface area contributed by atoms with Gasteiger partial charge in [-0.2, -0.15) is 8.42 Å². The lowest BCUT2D eigenvalue weighted by Crippen LogP contribution is -1.97. The number of rotatable bonds is 5. The number of hydrogen-bond donors (Lipinski definition) is 3. The first-order valence-corrected chi connectivity index (χ1v) is 19.1. The van der Waals surface area contributed by atoms with Gasteiger partial charge in [-0.3, -0.25) is 4.55 Å². The van der Waals surface area contributed by atoms with Gasteiger partial charge in [-0.15, -0.1) is 0 Å². The van der Waals surface area contributed by atoms with E-state index < -0.39 is 10.1 Å². The van der Waals surface area contributed by atoms with E-state index in [0.29, 0.717) is 0 Å². The smallest absolute Gasteiger partial charge is 0.294 e. The molecule has 4 aromatic carbocycles. The zero-order valence-corrected chi connectivity index (χ0v) is 29.8. The molecule has 0 amide bonds. The van der Waals surface area contributed by atoms with Gasteiger partial charge in [0.2, 0.25) is 0 Å². The molecule has 6 nitrogen and oxygen atoms in total. The van der Waals surface area contributed by atoms with E-state index in [9.17, 15) is 13.0 Å². The molecule has 0 fully saturated rings. The highest BCUT2D eigenvalue weighted by Gasteiger charge is 2.20. The molecule has 2 aliphatic rings. The topological polar surface area (TPSA) is 98.8 Å². The lowest BCUT2D eigenvalue weighted by atomic mass is 9.99. The number of nitrogens with one attached hydrogen (secondary N) is 2. The van der Waals surface area contributed by atoms with Gasteiger partial charge in [0.25, 0.3) is 10.1 Å². The maximum Gasteiger partial charge on any atom is 0.294 e. The third-order valence-corrected chi connectivity index (χ3v) is 11.0. The first kappa shape index (κ1) is 32.6. The van der Waals surface area contributed by atoms with Gasteiger partial charge in [0.1, 0.15) is 0 Å². The third kappa shape index (κ3) is 6.10. The Balaban J connectivity index is 1.45. The monoisotopic (exact) mass is 709 g/mol. The normalized spacial score (nSPS) is 12.6. The van der Waals surface area contributed by atoms with Crippen molar-refractivity contribution in [1.29, 1.82) is 0 Å². The lowest BCUT2D eigenvalue weighted by Gasteiger charge is -2.08. The van der Waals surface area contributed by atoms with Gasteiger partial charge < -0.3 is 9.97 Å². The summed E-state index contributed by atoms with van der Waals surface area (Å²) in [6, 6.07) is 46.7. The van der Waals surface area contributed by atoms with E-state index in [1.807, 2.05) is 24.3 Å². The Kier molecular flexibility index (Phi) is 8.03. The molecule has 0 atom stereocenters. The van der Waals surface area contributed by atoms with Gasteiger partial charge in [0.05, 0.1) is 16.3 Å². The van der Waals surface area contributed by atoms with Crippen LogP contribution in [0.3, 0.4) is 0 Å². The fraction of sp³-hybridized carbons (Fsp3) is 0.0652. The molecule has 8 bridgehead atoms. The molecule has 53 heavy (non-hydrogen) atoms. The van der Waals surface area contributed by atoms with Crippen LogP contribution >= 0.6 is 0 Å². The van der Waals surface area contributed by atoms with Gasteiger partial charge in [0, 0.05) is 44.3 Å². The molecule has 1 aliphatic carbocycles. The van der Waals surface area contributed by atoms with E-state index >= 15 is 0 Å². The summed E-state index contributed by atoms with van der Waals surface area (Å²) in [7, 11) is -4.35. The summed E-state index contributed by atoms with van der Waals surface area (Å²) in [6.07, 6.45) is 5.79. The minimum Gasteiger partial charge on any atom is -0.354 e. The molecule has 0 spiro atoms. The Hall–Kier alpha value is -6.28. The van der Waals surface area contributed by atoms with Crippen molar-refractivity contribution < 1.29 is 13.0 Å². The highest BCUT2D eigenvalue weighted by molar-refractivity contribution is 7.85. The van der Waals surface area contributed by atoms with Crippen molar-refractivity contribution in [3.63, 3.8) is 0 Å². The molecule has 7 aromatic rings. The van der Waals surface area contributed by atoms with E-state index in [0.717, 1.165) is 96.4 Å². The number of benzene rings is 4. The molecule has 9 rings (SSSR count). The van der Waals surface area contributed by atoms with Crippen LogP contribution < -0.4 is 0 Å². The van der Waals surface area contributed by atoms with Crippen LogP contribution in [0.25, 0.3) is 78.7 Å². The number of aromatic amines is 2. The number of H-pyrrole nitrogens is 2. The summed E-state index contributed by atoms with van der Waals surface area (Å²) in [5.41, 5.74) is 17.2. The van der Waals surface area contributed by atoms with E-state index in [2.05, 4.69) is 120 Å². The molecule has 1 aliphatic heterocycles. The average Bonchev–Trinajstić information content (AvgIpc) is 4.01. The fourth-order valence-electron chi connectivity index (χ4n) is 7.67. The van der Waals surface area contributed by atoms with Crippen LogP contribution in [-0.4, -0.2) is 27.9 Å². The van der Waals surface area contributed by atoms with Crippen molar-refractivity contribution in [3.8, 4) is 44.5 Å². The predicted octanol–water partition coefficient (Wildman–Crippen LogP) is 11.1. The lowest BCUT2D eigenvalue weighted by molar-refractivity contribution is 0.483. The molecule has 258 valence electrons. The molecule has 7 heteroatoms. The second-order valence-corrected chi connectivity index (χ2v) is 15.0. The Morgan fingerprint density at radius 2 is 0.906 bits per heavy atom. The van der Waals surface area contributed by atoms with Gasteiger partial charge in [-0.25, -0.2) is 4.98 Å². The largest absolute Gasteiger partial charge is 0.354 e. The number of fused-ring (bicyclic) bond motifs is 8. The van der Waals surface area contributed by atoms with Crippen LogP contribution in [-0.2, 0) is 23.0 Å². The number of aryl methyl sites for hydroxylation is 3.